The quantitative estimate of drug-likeness (QED) is 0.225. The number of pyridine rings is 1. The van der Waals surface area contributed by atoms with Crippen molar-refractivity contribution in [2.75, 3.05) is 6.54 Å². The minimum atomic E-state index is -0.0518. The lowest BCUT2D eigenvalue weighted by atomic mass is 9.97. The molecule has 0 aliphatic rings. The van der Waals surface area contributed by atoms with Crippen LogP contribution < -0.4 is 5.32 Å². The van der Waals surface area contributed by atoms with Crippen LogP contribution in [0, 0.1) is 6.92 Å². The SMILES string of the molecule is C=CC(=O)Cc1cnc(Cc2ccc(C(=O)NCCc3ccc(CC)cc3)c(C)c2)c2ccccc12.CC.[HH].[HH]. The zero-order valence-corrected chi connectivity index (χ0v) is 23.0. The Morgan fingerprint density at radius 1 is 0.947 bits per heavy atom. The van der Waals surface area contributed by atoms with E-state index >= 15 is 0 Å². The van der Waals surface area contributed by atoms with Crippen molar-refractivity contribution in [1.29, 1.82) is 0 Å². The maximum atomic E-state index is 12.8. The van der Waals surface area contributed by atoms with E-state index in [0.29, 0.717) is 24.9 Å². The zero-order valence-electron chi connectivity index (χ0n) is 23.0. The Hall–Kier alpha value is -4.05. The first kappa shape index (κ1) is 28.5. The van der Waals surface area contributed by atoms with Crippen molar-refractivity contribution < 1.29 is 12.4 Å². The monoisotopic (exact) mass is 510 g/mol. The molecule has 0 atom stereocenters. The number of ketones is 1. The molecule has 0 spiro atoms. The molecule has 1 amide bonds. The van der Waals surface area contributed by atoms with Crippen LogP contribution in [-0.2, 0) is 30.5 Å². The Bertz CT molecular complexity index is 1420. The van der Waals surface area contributed by atoms with Crippen molar-refractivity contribution in [3.8, 4) is 0 Å². The fourth-order valence-electron chi connectivity index (χ4n) is 4.49. The molecule has 38 heavy (non-hydrogen) atoms. The van der Waals surface area contributed by atoms with Crippen LogP contribution in [0.1, 0.15) is 67.5 Å². The maximum absolute atomic E-state index is 12.8. The van der Waals surface area contributed by atoms with Gasteiger partial charge < -0.3 is 5.32 Å². The lowest BCUT2D eigenvalue weighted by Gasteiger charge is -2.12. The van der Waals surface area contributed by atoms with Crippen molar-refractivity contribution in [3.05, 3.63) is 125 Å². The van der Waals surface area contributed by atoms with Crippen molar-refractivity contribution in [1.82, 2.24) is 10.3 Å². The van der Waals surface area contributed by atoms with Crippen LogP contribution in [0.3, 0.4) is 0 Å². The summed E-state index contributed by atoms with van der Waals surface area (Å²) in [6.07, 6.45) is 5.92. The number of carbonyl (C=O) groups excluding carboxylic acids is 2. The molecule has 1 heterocycles. The van der Waals surface area contributed by atoms with E-state index in [1.807, 2.05) is 57.2 Å². The highest BCUT2D eigenvalue weighted by Crippen LogP contribution is 2.24. The van der Waals surface area contributed by atoms with Gasteiger partial charge in [-0.15, -0.1) is 0 Å². The Morgan fingerprint density at radius 2 is 1.61 bits per heavy atom. The average Bonchev–Trinajstić information content (AvgIpc) is 2.95. The van der Waals surface area contributed by atoms with Gasteiger partial charge in [-0.2, -0.15) is 0 Å². The van der Waals surface area contributed by atoms with E-state index in [2.05, 4.69) is 49.2 Å². The highest BCUT2D eigenvalue weighted by molar-refractivity contribution is 5.96. The third-order valence-corrected chi connectivity index (χ3v) is 6.59. The van der Waals surface area contributed by atoms with E-state index in [-0.39, 0.29) is 14.5 Å². The second kappa shape index (κ2) is 14.0. The van der Waals surface area contributed by atoms with Gasteiger partial charge in [-0.05, 0) is 65.1 Å². The Labute approximate surface area is 229 Å². The van der Waals surface area contributed by atoms with E-state index in [1.54, 1.807) is 6.20 Å². The number of nitrogens with zero attached hydrogens (tertiary/aromatic N) is 1. The van der Waals surface area contributed by atoms with Gasteiger partial charge in [-0.1, -0.05) is 88.0 Å². The normalized spacial score (nSPS) is 10.4. The van der Waals surface area contributed by atoms with Crippen LogP contribution in [0.2, 0.25) is 0 Å². The summed E-state index contributed by atoms with van der Waals surface area (Å²) in [4.78, 5) is 29.4. The number of allylic oxidation sites excluding steroid dienone is 1. The largest absolute Gasteiger partial charge is 0.352 e. The molecule has 0 saturated heterocycles. The molecule has 4 nitrogen and oxygen atoms in total. The number of aromatic nitrogens is 1. The number of carbonyl (C=O) groups is 2. The van der Waals surface area contributed by atoms with Gasteiger partial charge >= 0.3 is 0 Å². The van der Waals surface area contributed by atoms with Gasteiger partial charge in [0, 0.05) is 39.4 Å². The third-order valence-electron chi connectivity index (χ3n) is 6.59. The molecule has 0 saturated carbocycles. The van der Waals surface area contributed by atoms with Gasteiger partial charge in [0.05, 0.1) is 5.69 Å². The summed E-state index contributed by atoms with van der Waals surface area (Å²) in [5.41, 5.74) is 7.12. The van der Waals surface area contributed by atoms with Crippen LogP contribution in [0.15, 0.2) is 85.6 Å². The number of fused-ring (bicyclic) bond motifs is 1. The van der Waals surface area contributed by atoms with Crippen molar-refractivity contribution in [2.45, 2.75) is 53.4 Å². The van der Waals surface area contributed by atoms with Gasteiger partial charge in [0.15, 0.2) is 5.78 Å². The Kier molecular flexibility index (Phi) is 10.5. The molecule has 4 rings (SSSR count). The van der Waals surface area contributed by atoms with Crippen molar-refractivity contribution >= 4 is 22.5 Å². The van der Waals surface area contributed by atoms with Crippen LogP contribution in [0.4, 0.5) is 0 Å². The summed E-state index contributed by atoms with van der Waals surface area (Å²) >= 11 is 0. The topological polar surface area (TPSA) is 59.1 Å². The van der Waals surface area contributed by atoms with Gasteiger partial charge in [0.1, 0.15) is 0 Å². The summed E-state index contributed by atoms with van der Waals surface area (Å²) in [5, 5.41) is 5.13. The molecular weight excluding hydrogens is 468 g/mol. The van der Waals surface area contributed by atoms with Crippen LogP contribution in [0.25, 0.3) is 10.8 Å². The zero-order chi connectivity index (χ0) is 27.5. The molecule has 0 fully saturated rings. The van der Waals surface area contributed by atoms with Gasteiger partial charge in [-0.3, -0.25) is 14.6 Å². The smallest absolute Gasteiger partial charge is 0.251 e. The number of nitrogens with one attached hydrogen (secondary N) is 1. The first-order valence-electron chi connectivity index (χ1n) is 13.4. The molecule has 1 aromatic heterocycles. The van der Waals surface area contributed by atoms with Crippen LogP contribution in [-0.4, -0.2) is 23.2 Å². The van der Waals surface area contributed by atoms with Gasteiger partial charge in [0.25, 0.3) is 5.91 Å². The molecule has 0 radical (unpaired) electrons. The summed E-state index contributed by atoms with van der Waals surface area (Å²) in [6, 6.07) is 22.6. The molecular formula is C34H42N2O2. The fourth-order valence-corrected chi connectivity index (χ4v) is 4.49. The molecule has 0 unspecified atom stereocenters. The number of aryl methyl sites for hydroxylation is 2. The number of amides is 1. The number of hydrogen-bond donors (Lipinski definition) is 1. The number of rotatable bonds is 10. The van der Waals surface area contributed by atoms with E-state index in [9.17, 15) is 9.59 Å². The maximum Gasteiger partial charge on any atom is 0.251 e. The molecule has 1 N–H and O–H groups in total. The van der Waals surface area contributed by atoms with E-state index in [4.69, 9.17) is 4.98 Å². The van der Waals surface area contributed by atoms with Crippen LogP contribution >= 0.6 is 0 Å². The predicted octanol–water partition coefficient (Wildman–Crippen LogP) is 7.48. The lowest BCUT2D eigenvalue weighted by molar-refractivity contribution is -0.114. The minimum absolute atomic E-state index is 0. The molecule has 4 aromatic rings. The minimum Gasteiger partial charge on any atom is -0.352 e. The van der Waals surface area contributed by atoms with Crippen molar-refractivity contribution in [3.63, 3.8) is 0 Å². The highest BCUT2D eigenvalue weighted by Gasteiger charge is 2.13. The standard InChI is InChI=1S/C32H32N2O2.C2H6.2H2/c1-4-23-10-12-24(13-11-23)16-17-33-32(36)28-15-14-25(18-22(28)3)19-31-30-9-7-6-8-29(30)26(21-34-31)20-27(35)5-2;1-2;;/h5-15,18,21H,2,4,16-17,19-20H2,1,3H3,(H,33,36);1-2H3;2*1H. The lowest BCUT2D eigenvalue weighted by Crippen LogP contribution is -2.26. The Morgan fingerprint density at radius 3 is 2.26 bits per heavy atom. The molecule has 200 valence electrons. The van der Waals surface area contributed by atoms with Gasteiger partial charge in [0.2, 0.25) is 0 Å². The third kappa shape index (κ3) is 7.25. The first-order chi connectivity index (χ1) is 18.5. The Balaban J connectivity index is 0.00000196. The first-order valence-corrected chi connectivity index (χ1v) is 13.4. The average molecular weight is 511 g/mol. The van der Waals surface area contributed by atoms with Crippen molar-refractivity contribution in [2.24, 2.45) is 0 Å². The van der Waals surface area contributed by atoms with E-state index < -0.39 is 0 Å². The summed E-state index contributed by atoms with van der Waals surface area (Å²) in [5.74, 6) is -0.0716. The molecule has 0 bridgehead atoms. The van der Waals surface area contributed by atoms with E-state index in [0.717, 1.165) is 46.0 Å². The molecule has 0 aliphatic heterocycles. The summed E-state index contributed by atoms with van der Waals surface area (Å²) < 4.78 is 0. The molecule has 0 aliphatic carbocycles. The van der Waals surface area contributed by atoms with Crippen LogP contribution in [0.5, 0.6) is 0 Å². The second-order valence-corrected chi connectivity index (χ2v) is 9.12. The number of benzene rings is 3. The van der Waals surface area contributed by atoms with E-state index in [1.165, 1.54) is 17.2 Å². The summed E-state index contributed by atoms with van der Waals surface area (Å²) in [6.45, 7) is 12.3. The highest BCUT2D eigenvalue weighted by atomic mass is 16.1. The second-order valence-electron chi connectivity index (χ2n) is 9.12. The predicted molar refractivity (Wildman–Crippen MR) is 162 cm³/mol. The molecule has 4 heteroatoms. The van der Waals surface area contributed by atoms with Gasteiger partial charge in [-0.25, -0.2) is 0 Å². The summed E-state index contributed by atoms with van der Waals surface area (Å²) in [7, 11) is 0. The molecule has 3 aromatic carbocycles. The fraction of sp³-hybridized carbons (Fsp3) is 0.265. The number of hydrogen-bond acceptors (Lipinski definition) is 3.